The van der Waals surface area contributed by atoms with Gasteiger partial charge in [0.25, 0.3) is 0 Å². The van der Waals surface area contributed by atoms with Gasteiger partial charge in [-0.05, 0) is 37.5 Å². The second kappa shape index (κ2) is 66.0. The van der Waals surface area contributed by atoms with Crippen LogP contribution in [0.1, 0.15) is 382 Å². The number of phosphoric acid groups is 2. The number of hydrogen-bond acceptors (Lipinski definition) is 15. The molecule has 7 atom stereocenters. The summed E-state index contributed by atoms with van der Waals surface area (Å²) >= 11 is 0. The Labute approximate surface area is 568 Å². The Morgan fingerprint density at radius 1 is 0.301 bits per heavy atom. The van der Waals surface area contributed by atoms with Crippen molar-refractivity contribution in [3.63, 3.8) is 0 Å². The van der Waals surface area contributed by atoms with Crippen LogP contribution in [0, 0.1) is 11.8 Å². The van der Waals surface area contributed by atoms with Crippen molar-refractivity contribution in [2.45, 2.75) is 400 Å². The smallest absolute Gasteiger partial charge is 0.462 e. The highest BCUT2D eigenvalue weighted by Gasteiger charge is 2.30. The number of aliphatic hydroxyl groups excluding tert-OH is 1. The van der Waals surface area contributed by atoms with Crippen molar-refractivity contribution in [2.75, 3.05) is 39.6 Å². The molecular weight excluding hydrogens is 1220 g/mol. The molecule has 0 amide bonds. The fourth-order valence-corrected chi connectivity index (χ4v) is 12.8. The predicted molar refractivity (Wildman–Crippen MR) is 377 cm³/mol. The van der Waals surface area contributed by atoms with Crippen LogP contribution >= 0.6 is 15.6 Å². The van der Waals surface area contributed by atoms with Crippen LogP contribution in [0.4, 0.5) is 0 Å². The monoisotopic (exact) mass is 1370 g/mol. The minimum absolute atomic E-state index is 0.105. The summed E-state index contributed by atoms with van der Waals surface area (Å²) in [7, 11) is -9.91. The molecule has 3 N–H and O–H groups in total. The summed E-state index contributed by atoms with van der Waals surface area (Å²) < 4.78 is 68.4. The molecule has 0 heterocycles. The number of hydrogen-bond donors (Lipinski definition) is 3. The SMILES string of the molecule is CCCCCCCCCCCCCCCCC(=O)OC[C@H](COP(=O)(O)OC[C@@H](O)COP(=O)(O)OC[C@@H](COC(=O)CCCCCCCCCCC)OC(=O)CCCCCCCCCCC(C)CC)OC(=O)CCCCCCCCCCCCCCCCC(C)CC. The Morgan fingerprint density at radius 3 is 0.763 bits per heavy atom. The molecule has 552 valence electrons. The molecular formula is C74H144O17P2. The summed E-state index contributed by atoms with van der Waals surface area (Å²) in [5.74, 6) is -0.504. The Kier molecular flexibility index (Phi) is 64.6. The summed E-state index contributed by atoms with van der Waals surface area (Å²) in [4.78, 5) is 72.7. The molecule has 0 aromatic heterocycles. The van der Waals surface area contributed by atoms with Crippen molar-refractivity contribution in [1.29, 1.82) is 0 Å². The van der Waals surface area contributed by atoms with Gasteiger partial charge in [-0.2, -0.15) is 0 Å². The highest BCUT2D eigenvalue weighted by molar-refractivity contribution is 7.47. The van der Waals surface area contributed by atoms with Gasteiger partial charge in [-0.25, -0.2) is 9.13 Å². The van der Waals surface area contributed by atoms with Crippen molar-refractivity contribution >= 4 is 39.5 Å². The first-order valence-corrected chi connectivity index (χ1v) is 41.6. The predicted octanol–water partition coefficient (Wildman–Crippen LogP) is 21.6. The van der Waals surface area contributed by atoms with Gasteiger partial charge in [-0.15, -0.1) is 0 Å². The average Bonchev–Trinajstić information content (AvgIpc) is 1.70. The van der Waals surface area contributed by atoms with Gasteiger partial charge in [0, 0.05) is 25.7 Å². The molecule has 19 heteroatoms. The van der Waals surface area contributed by atoms with E-state index in [0.717, 1.165) is 102 Å². The molecule has 17 nitrogen and oxygen atoms in total. The largest absolute Gasteiger partial charge is 0.472 e. The first-order valence-electron chi connectivity index (χ1n) is 38.6. The van der Waals surface area contributed by atoms with E-state index in [1.54, 1.807) is 0 Å². The fraction of sp³-hybridized carbons (Fsp3) is 0.946. The van der Waals surface area contributed by atoms with E-state index >= 15 is 0 Å². The lowest BCUT2D eigenvalue weighted by Gasteiger charge is -2.21. The summed E-state index contributed by atoms with van der Waals surface area (Å²) in [6.45, 7) is 9.62. The number of unbranched alkanes of at least 4 members (excludes halogenated alkanes) is 41. The van der Waals surface area contributed by atoms with Gasteiger partial charge in [-0.3, -0.25) is 37.3 Å². The first kappa shape index (κ1) is 91.1. The summed E-state index contributed by atoms with van der Waals surface area (Å²) in [6.07, 6.45) is 52.5. The Bertz CT molecular complexity index is 1810. The number of ether oxygens (including phenoxy) is 4. The van der Waals surface area contributed by atoms with Crippen LogP contribution in [0.2, 0.25) is 0 Å². The third-order valence-electron chi connectivity index (χ3n) is 17.9. The highest BCUT2D eigenvalue weighted by Crippen LogP contribution is 2.45. The molecule has 0 aliphatic heterocycles. The molecule has 0 saturated carbocycles. The van der Waals surface area contributed by atoms with E-state index in [4.69, 9.17) is 37.0 Å². The fourth-order valence-electron chi connectivity index (χ4n) is 11.2. The number of phosphoric ester groups is 2. The van der Waals surface area contributed by atoms with Gasteiger partial charge < -0.3 is 33.8 Å². The van der Waals surface area contributed by atoms with Gasteiger partial charge in [0.05, 0.1) is 26.4 Å². The zero-order valence-electron chi connectivity index (χ0n) is 60.6. The summed E-state index contributed by atoms with van der Waals surface area (Å²) in [5, 5.41) is 10.6. The minimum Gasteiger partial charge on any atom is -0.462 e. The molecule has 0 aliphatic rings. The molecule has 4 unspecified atom stereocenters. The zero-order chi connectivity index (χ0) is 68.6. The Morgan fingerprint density at radius 2 is 0.516 bits per heavy atom. The lowest BCUT2D eigenvalue weighted by molar-refractivity contribution is -0.161. The molecule has 0 saturated heterocycles. The standard InChI is InChI=1S/C74H144O17P2/c1-7-11-13-15-17-19-20-21-25-28-32-39-45-51-57-72(77)85-63-69(90-73(78)58-52-46-40-33-29-26-23-22-24-27-31-36-42-48-54-66(5)9-3)64-88-92(80,81)86-60-68(75)61-87-93(82,83)89-65-70(62-84-71(76)56-50-44-38-30-18-16-14-12-8-2)91-74(79)59-53-47-41-35-34-37-43-49-55-67(6)10-4/h66-70,75H,7-65H2,1-6H3,(H,80,81)(H,82,83)/t66?,67?,68-,69-,70-/m1/s1. The second-order valence-corrected chi connectivity index (χ2v) is 30.1. The second-order valence-electron chi connectivity index (χ2n) is 27.2. The van der Waals surface area contributed by atoms with Gasteiger partial charge in [0.2, 0.25) is 0 Å². The maximum absolute atomic E-state index is 13.1. The zero-order valence-corrected chi connectivity index (χ0v) is 62.3. The van der Waals surface area contributed by atoms with Crippen LogP contribution in [0.5, 0.6) is 0 Å². The van der Waals surface area contributed by atoms with E-state index in [0.29, 0.717) is 25.7 Å². The Hall–Kier alpha value is -1.94. The molecule has 0 aromatic rings. The first-order chi connectivity index (χ1) is 44.9. The average molecular weight is 1370 g/mol. The molecule has 0 aromatic carbocycles. The van der Waals surface area contributed by atoms with Crippen LogP contribution < -0.4 is 0 Å². The number of rotatable bonds is 73. The van der Waals surface area contributed by atoms with E-state index < -0.39 is 97.5 Å². The lowest BCUT2D eigenvalue weighted by Crippen LogP contribution is -2.30. The van der Waals surface area contributed by atoms with Gasteiger partial charge in [0.15, 0.2) is 12.2 Å². The Balaban J connectivity index is 5.24. The van der Waals surface area contributed by atoms with Gasteiger partial charge in [-0.1, -0.05) is 330 Å². The third kappa shape index (κ3) is 65.8. The van der Waals surface area contributed by atoms with Crippen LogP contribution in [-0.4, -0.2) is 96.7 Å². The van der Waals surface area contributed by atoms with Crippen molar-refractivity contribution in [2.24, 2.45) is 11.8 Å². The molecule has 0 radical (unpaired) electrons. The maximum Gasteiger partial charge on any atom is 0.472 e. The van der Waals surface area contributed by atoms with Crippen molar-refractivity contribution < 1.29 is 80.2 Å². The van der Waals surface area contributed by atoms with Crippen molar-refractivity contribution in [1.82, 2.24) is 0 Å². The van der Waals surface area contributed by atoms with E-state index in [2.05, 4.69) is 41.5 Å². The minimum atomic E-state index is -4.96. The number of esters is 4. The normalized spacial score (nSPS) is 14.6. The molecule has 93 heavy (non-hydrogen) atoms. The van der Waals surface area contributed by atoms with E-state index in [1.807, 2.05) is 0 Å². The van der Waals surface area contributed by atoms with Crippen LogP contribution in [-0.2, 0) is 65.4 Å². The van der Waals surface area contributed by atoms with E-state index in [1.165, 1.54) is 199 Å². The maximum atomic E-state index is 13.1. The van der Waals surface area contributed by atoms with Crippen LogP contribution in [0.25, 0.3) is 0 Å². The molecule has 0 fully saturated rings. The molecule has 0 bridgehead atoms. The highest BCUT2D eigenvalue weighted by atomic mass is 31.2. The van der Waals surface area contributed by atoms with Gasteiger partial charge >= 0.3 is 39.5 Å². The topological polar surface area (TPSA) is 237 Å². The van der Waals surface area contributed by atoms with E-state index in [9.17, 15) is 43.2 Å². The number of carbonyl (C=O) groups is 4. The number of aliphatic hydroxyl groups is 1. The number of carbonyl (C=O) groups excluding carboxylic acids is 4. The van der Waals surface area contributed by atoms with Gasteiger partial charge in [0.1, 0.15) is 19.3 Å². The van der Waals surface area contributed by atoms with Crippen molar-refractivity contribution in [3.8, 4) is 0 Å². The lowest BCUT2D eigenvalue weighted by atomic mass is 9.99. The third-order valence-corrected chi connectivity index (χ3v) is 19.8. The van der Waals surface area contributed by atoms with E-state index in [-0.39, 0.29) is 25.7 Å². The van der Waals surface area contributed by atoms with Crippen LogP contribution in [0.3, 0.4) is 0 Å². The molecule has 0 aliphatic carbocycles. The van der Waals surface area contributed by atoms with Crippen molar-refractivity contribution in [3.05, 3.63) is 0 Å². The summed E-state index contributed by atoms with van der Waals surface area (Å²) in [6, 6.07) is 0. The van der Waals surface area contributed by atoms with Crippen LogP contribution in [0.15, 0.2) is 0 Å². The molecule has 0 rings (SSSR count). The summed E-state index contributed by atoms with van der Waals surface area (Å²) in [5.41, 5.74) is 0. The molecule has 0 spiro atoms. The quantitative estimate of drug-likeness (QED) is 0.0222.